The van der Waals surface area contributed by atoms with Gasteiger partial charge in [0.15, 0.2) is 11.6 Å². The molecular weight excluding hydrogens is 585 g/mol. The number of hydrogen-bond donors (Lipinski definition) is 0. The molecule has 0 atom stereocenters. The maximum atomic E-state index is 5.13. The molecule has 0 fully saturated rings. The van der Waals surface area contributed by atoms with Crippen molar-refractivity contribution >= 4 is 17.1 Å². The van der Waals surface area contributed by atoms with Crippen LogP contribution < -0.4 is 4.90 Å². The van der Waals surface area contributed by atoms with Gasteiger partial charge >= 0.3 is 0 Å². The molecule has 0 aliphatic carbocycles. The molecule has 0 amide bonds. The third-order valence-corrected chi connectivity index (χ3v) is 8.49. The highest BCUT2D eigenvalue weighted by molar-refractivity contribution is 5.77. The third-order valence-electron chi connectivity index (χ3n) is 8.49. The average Bonchev–Trinajstić information content (AvgIpc) is 3.63. The first-order chi connectivity index (χ1) is 23.8. The molecule has 228 valence electrons. The minimum Gasteiger partial charge on any atom is -0.311 e. The van der Waals surface area contributed by atoms with E-state index in [1.807, 2.05) is 28.9 Å². The second kappa shape index (κ2) is 13.1. The monoisotopic (exact) mass is 616 g/mol. The Morgan fingerprint density at radius 3 is 1.19 bits per heavy atom. The van der Waals surface area contributed by atoms with E-state index < -0.39 is 0 Å². The smallest absolute Gasteiger partial charge is 0.182 e. The van der Waals surface area contributed by atoms with E-state index in [9.17, 15) is 0 Å². The molecule has 1 heterocycles. The molecular formula is C44H32N4. The van der Waals surface area contributed by atoms with Gasteiger partial charge in [0.05, 0.1) is 5.69 Å². The fourth-order valence-corrected chi connectivity index (χ4v) is 6.03. The number of rotatable bonds is 8. The van der Waals surface area contributed by atoms with Crippen molar-refractivity contribution in [3.8, 4) is 50.7 Å². The first-order valence-corrected chi connectivity index (χ1v) is 16.1. The summed E-state index contributed by atoms with van der Waals surface area (Å²) in [4.78, 5) is 7.38. The number of benzene rings is 7. The lowest BCUT2D eigenvalue weighted by Crippen LogP contribution is -2.10. The predicted octanol–water partition coefficient (Wildman–Crippen LogP) is 11.4. The molecule has 0 bridgehead atoms. The molecule has 4 heteroatoms. The number of para-hydroxylation sites is 2. The molecule has 0 aliphatic rings. The van der Waals surface area contributed by atoms with Crippen molar-refractivity contribution < 1.29 is 0 Å². The van der Waals surface area contributed by atoms with Crippen LogP contribution in [0.1, 0.15) is 0 Å². The molecule has 0 saturated heterocycles. The van der Waals surface area contributed by atoms with Crippen LogP contribution in [0.3, 0.4) is 0 Å². The lowest BCUT2D eigenvalue weighted by molar-refractivity contribution is 0.890. The standard InChI is InChI=1S/C44H32N4/c1-5-13-33(14-6-1)35-21-25-37(26-22-35)43-45-44(38-27-23-36(24-28-38)34-15-7-2-8-16-34)48(46-43)42-31-29-41(30-32-42)47(39-17-9-3-10-18-39)40-19-11-4-12-20-40/h1-32H. The van der Waals surface area contributed by atoms with E-state index >= 15 is 0 Å². The topological polar surface area (TPSA) is 34.0 Å². The van der Waals surface area contributed by atoms with E-state index in [0.29, 0.717) is 5.82 Å². The van der Waals surface area contributed by atoms with Crippen molar-refractivity contribution in [1.82, 2.24) is 14.8 Å². The van der Waals surface area contributed by atoms with Crippen LogP contribution in [-0.4, -0.2) is 14.8 Å². The van der Waals surface area contributed by atoms with Gasteiger partial charge in [0.2, 0.25) is 0 Å². The van der Waals surface area contributed by atoms with Gasteiger partial charge in [0.25, 0.3) is 0 Å². The fourth-order valence-electron chi connectivity index (χ4n) is 6.03. The molecule has 8 rings (SSSR count). The lowest BCUT2D eigenvalue weighted by Gasteiger charge is -2.25. The molecule has 0 spiro atoms. The summed E-state index contributed by atoms with van der Waals surface area (Å²) in [5.74, 6) is 1.46. The van der Waals surface area contributed by atoms with E-state index in [2.05, 4.69) is 175 Å². The second-order valence-corrected chi connectivity index (χ2v) is 11.6. The van der Waals surface area contributed by atoms with Crippen LogP contribution in [0, 0.1) is 0 Å². The Bertz CT molecular complexity index is 2190. The summed E-state index contributed by atoms with van der Waals surface area (Å²) in [7, 11) is 0. The Morgan fingerprint density at radius 2 is 0.708 bits per heavy atom. The van der Waals surface area contributed by atoms with Crippen LogP contribution in [-0.2, 0) is 0 Å². The van der Waals surface area contributed by atoms with E-state index in [1.165, 1.54) is 11.1 Å². The highest BCUT2D eigenvalue weighted by Crippen LogP contribution is 2.35. The summed E-state index contributed by atoms with van der Waals surface area (Å²) < 4.78 is 1.96. The summed E-state index contributed by atoms with van der Waals surface area (Å²) >= 11 is 0. The highest BCUT2D eigenvalue weighted by atomic mass is 15.4. The SMILES string of the molecule is c1ccc(-c2ccc(-c3nc(-c4ccc(-c5ccccc5)cc4)n(-c4ccc(N(c5ccccc5)c5ccccc5)cc4)n3)cc2)cc1. The first kappa shape index (κ1) is 28.9. The van der Waals surface area contributed by atoms with Crippen molar-refractivity contribution in [3.63, 3.8) is 0 Å². The van der Waals surface area contributed by atoms with Crippen LogP contribution in [0.2, 0.25) is 0 Å². The Balaban J connectivity index is 1.19. The maximum Gasteiger partial charge on any atom is 0.182 e. The number of nitrogens with zero attached hydrogens (tertiary/aromatic N) is 4. The molecule has 8 aromatic rings. The molecule has 0 unspecified atom stereocenters. The largest absolute Gasteiger partial charge is 0.311 e. The van der Waals surface area contributed by atoms with Gasteiger partial charge in [-0.2, -0.15) is 0 Å². The predicted molar refractivity (Wildman–Crippen MR) is 198 cm³/mol. The summed E-state index contributed by atoms with van der Waals surface area (Å²) in [5, 5.41) is 5.09. The quantitative estimate of drug-likeness (QED) is 0.170. The summed E-state index contributed by atoms with van der Waals surface area (Å²) in [5.41, 5.74) is 10.8. The molecule has 0 N–H and O–H groups in total. The summed E-state index contributed by atoms with van der Waals surface area (Å²) in [6.07, 6.45) is 0. The third kappa shape index (κ3) is 5.91. The first-order valence-electron chi connectivity index (χ1n) is 16.1. The van der Waals surface area contributed by atoms with Gasteiger partial charge in [-0.05, 0) is 70.8 Å². The zero-order valence-corrected chi connectivity index (χ0v) is 26.3. The summed E-state index contributed by atoms with van der Waals surface area (Å²) in [6.45, 7) is 0. The van der Waals surface area contributed by atoms with Gasteiger partial charge in [0, 0.05) is 28.2 Å². The Kier molecular flexibility index (Phi) is 7.87. The molecule has 0 aliphatic heterocycles. The van der Waals surface area contributed by atoms with Crippen LogP contribution in [0.5, 0.6) is 0 Å². The van der Waals surface area contributed by atoms with Crippen molar-refractivity contribution in [1.29, 1.82) is 0 Å². The highest BCUT2D eigenvalue weighted by Gasteiger charge is 2.17. The van der Waals surface area contributed by atoms with Gasteiger partial charge in [-0.25, -0.2) is 9.67 Å². The van der Waals surface area contributed by atoms with E-state index in [1.54, 1.807) is 0 Å². The van der Waals surface area contributed by atoms with Crippen molar-refractivity contribution in [2.24, 2.45) is 0 Å². The maximum absolute atomic E-state index is 5.13. The van der Waals surface area contributed by atoms with Crippen LogP contribution in [0.25, 0.3) is 50.7 Å². The average molecular weight is 617 g/mol. The van der Waals surface area contributed by atoms with Crippen molar-refractivity contribution in [2.45, 2.75) is 0 Å². The number of hydrogen-bond acceptors (Lipinski definition) is 3. The second-order valence-electron chi connectivity index (χ2n) is 11.6. The van der Waals surface area contributed by atoms with Gasteiger partial charge < -0.3 is 4.90 Å². The molecule has 48 heavy (non-hydrogen) atoms. The Hall–Kier alpha value is -6.52. The lowest BCUT2D eigenvalue weighted by atomic mass is 10.0. The van der Waals surface area contributed by atoms with E-state index in [4.69, 9.17) is 10.1 Å². The van der Waals surface area contributed by atoms with Gasteiger partial charge in [0.1, 0.15) is 0 Å². The van der Waals surface area contributed by atoms with E-state index in [-0.39, 0.29) is 0 Å². The molecule has 7 aromatic carbocycles. The molecule has 1 aromatic heterocycles. The molecule has 4 nitrogen and oxygen atoms in total. The minimum atomic E-state index is 0.677. The fraction of sp³-hybridized carbons (Fsp3) is 0. The summed E-state index contributed by atoms with van der Waals surface area (Å²) in [6, 6.07) is 67.3. The minimum absolute atomic E-state index is 0.677. The Morgan fingerprint density at radius 1 is 0.333 bits per heavy atom. The van der Waals surface area contributed by atoms with Crippen LogP contribution >= 0.6 is 0 Å². The zero-order valence-electron chi connectivity index (χ0n) is 26.3. The van der Waals surface area contributed by atoms with E-state index in [0.717, 1.165) is 50.8 Å². The molecule has 0 radical (unpaired) electrons. The normalized spacial score (nSPS) is 10.9. The Labute approximate surface area is 280 Å². The van der Waals surface area contributed by atoms with Gasteiger partial charge in [-0.1, -0.05) is 146 Å². The van der Waals surface area contributed by atoms with Gasteiger partial charge in [-0.3, -0.25) is 0 Å². The van der Waals surface area contributed by atoms with Crippen molar-refractivity contribution in [3.05, 3.63) is 194 Å². The zero-order chi connectivity index (χ0) is 32.1. The molecule has 0 saturated carbocycles. The van der Waals surface area contributed by atoms with Crippen molar-refractivity contribution in [2.75, 3.05) is 4.90 Å². The number of aromatic nitrogens is 3. The van der Waals surface area contributed by atoms with Crippen LogP contribution in [0.4, 0.5) is 17.1 Å². The van der Waals surface area contributed by atoms with Gasteiger partial charge in [-0.15, -0.1) is 5.10 Å². The van der Waals surface area contributed by atoms with Crippen LogP contribution in [0.15, 0.2) is 194 Å². The number of anilines is 3.